The highest BCUT2D eigenvalue weighted by atomic mass is 32.1. The standard InChI is InChI=1S/C15H16FN3S/c16-11-2-1-10-5-6-19(14(10)7-11)15-18-9-13(20-15)8-17-12-3-4-12/h1-2,7,9,12,17H,3-6,8H2. The van der Waals surface area contributed by atoms with Gasteiger partial charge in [0, 0.05) is 35.9 Å². The molecule has 1 aromatic heterocycles. The van der Waals surface area contributed by atoms with Gasteiger partial charge in [-0.25, -0.2) is 9.37 Å². The Balaban J connectivity index is 1.55. The van der Waals surface area contributed by atoms with E-state index in [1.54, 1.807) is 17.4 Å². The Hall–Kier alpha value is -1.46. The first-order valence-corrected chi connectivity index (χ1v) is 7.85. The summed E-state index contributed by atoms with van der Waals surface area (Å²) in [6.45, 7) is 1.79. The Morgan fingerprint density at radius 2 is 2.30 bits per heavy atom. The lowest BCUT2D eigenvalue weighted by Gasteiger charge is -2.15. The molecule has 0 unspecified atom stereocenters. The fourth-order valence-corrected chi connectivity index (χ4v) is 3.49. The second-order valence-corrected chi connectivity index (χ2v) is 6.53. The average Bonchev–Trinajstić information content (AvgIpc) is 3.00. The molecule has 0 bridgehead atoms. The highest BCUT2D eigenvalue weighted by Crippen LogP contribution is 2.37. The predicted molar refractivity (Wildman–Crippen MR) is 79.1 cm³/mol. The number of hydrogen-bond donors (Lipinski definition) is 1. The third-order valence-electron chi connectivity index (χ3n) is 3.86. The van der Waals surface area contributed by atoms with Crippen molar-refractivity contribution in [2.75, 3.05) is 11.4 Å². The van der Waals surface area contributed by atoms with Crippen LogP contribution >= 0.6 is 11.3 Å². The Labute approximate surface area is 121 Å². The van der Waals surface area contributed by atoms with Crippen LogP contribution in [-0.4, -0.2) is 17.6 Å². The fraction of sp³-hybridized carbons (Fsp3) is 0.400. The van der Waals surface area contributed by atoms with Crippen LogP contribution in [0.4, 0.5) is 15.2 Å². The van der Waals surface area contributed by atoms with Crippen molar-refractivity contribution in [1.82, 2.24) is 10.3 Å². The molecule has 1 saturated carbocycles. The number of aromatic nitrogens is 1. The summed E-state index contributed by atoms with van der Waals surface area (Å²) in [4.78, 5) is 7.88. The molecule has 1 aliphatic carbocycles. The molecule has 2 aliphatic rings. The molecule has 1 aliphatic heterocycles. The number of nitrogens with one attached hydrogen (secondary N) is 1. The molecule has 104 valence electrons. The van der Waals surface area contributed by atoms with Crippen molar-refractivity contribution < 1.29 is 4.39 Å². The summed E-state index contributed by atoms with van der Waals surface area (Å²) in [5.41, 5.74) is 2.18. The maximum Gasteiger partial charge on any atom is 0.190 e. The van der Waals surface area contributed by atoms with Gasteiger partial charge >= 0.3 is 0 Å². The molecule has 0 saturated heterocycles. The summed E-state index contributed by atoms with van der Waals surface area (Å²) in [5.74, 6) is -0.178. The lowest BCUT2D eigenvalue weighted by atomic mass is 10.2. The summed E-state index contributed by atoms with van der Waals surface area (Å²) in [6.07, 6.45) is 5.49. The molecule has 20 heavy (non-hydrogen) atoms. The van der Waals surface area contributed by atoms with E-state index in [0.29, 0.717) is 6.04 Å². The lowest BCUT2D eigenvalue weighted by Crippen LogP contribution is -2.14. The van der Waals surface area contributed by atoms with Crippen molar-refractivity contribution >= 4 is 22.2 Å². The normalized spacial score (nSPS) is 17.6. The molecule has 1 fully saturated rings. The smallest absolute Gasteiger partial charge is 0.190 e. The zero-order chi connectivity index (χ0) is 13.5. The minimum atomic E-state index is -0.178. The van der Waals surface area contributed by atoms with Crippen molar-refractivity contribution in [3.63, 3.8) is 0 Å². The molecule has 0 amide bonds. The summed E-state index contributed by atoms with van der Waals surface area (Å²) < 4.78 is 13.4. The average molecular weight is 289 g/mol. The molecule has 3 nitrogen and oxygen atoms in total. The van der Waals surface area contributed by atoms with E-state index in [9.17, 15) is 4.39 Å². The first-order valence-electron chi connectivity index (χ1n) is 7.04. The topological polar surface area (TPSA) is 28.2 Å². The van der Waals surface area contributed by atoms with Gasteiger partial charge in [-0.1, -0.05) is 6.07 Å². The second kappa shape index (κ2) is 4.82. The van der Waals surface area contributed by atoms with Gasteiger partial charge in [-0.3, -0.25) is 0 Å². The number of hydrogen-bond acceptors (Lipinski definition) is 4. The molecule has 1 N–H and O–H groups in total. The van der Waals surface area contributed by atoms with Gasteiger partial charge in [0.1, 0.15) is 5.82 Å². The van der Waals surface area contributed by atoms with Gasteiger partial charge in [0.2, 0.25) is 0 Å². The summed E-state index contributed by atoms with van der Waals surface area (Å²) in [6, 6.07) is 5.75. The lowest BCUT2D eigenvalue weighted by molar-refractivity contribution is 0.628. The van der Waals surface area contributed by atoms with E-state index in [1.807, 2.05) is 12.3 Å². The van der Waals surface area contributed by atoms with Crippen LogP contribution < -0.4 is 10.2 Å². The van der Waals surface area contributed by atoms with E-state index in [1.165, 1.54) is 29.3 Å². The minimum absolute atomic E-state index is 0.178. The summed E-state index contributed by atoms with van der Waals surface area (Å²) >= 11 is 1.70. The molecule has 2 aromatic rings. The van der Waals surface area contributed by atoms with Gasteiger partial charge in [-0.05, 0) is 37.0 Å². The number of fused-ring (bicyclic) bond motifs is 1. The van der Waals surface area contributed by atoms with Crippen LogP contribution in [0.2, 0.25) is 0 Å². The van der Waals surface area contributed by atoms with Crippen molar-refractivity contribution in [2.45, 2.75) is 31.8 Å². The molecule has 0 spiro atoms. The van der Waals surface area contributed by atoms with Crippen molar-refractivity contribution in [1.29, 1.82) is 0 Å². The largest absolute Gasteiger partial charge is 0.317 e. The Kier molecular flexibility index (Phi) is 2.97. The molecule has 1 aromatic carbocycles. The van der Waals surface area contributed by atoms with Crippen LogP contribution in [0.25, 0.3) is 0 Å². The van der Waals surface area contributed by atoms with Crippen molar-refractivity contribution in [2.24, 2.45) is 0 Å². The van der Waals surface area contributed by atoms with Gasteiger partial charge in [0.15, 0.2) is 5.13 Å². The van der Waals surface area contributed by atoms with Crippen molar-refractivity contribution in [3.8, 4) is 0 Å². The first-order chi connectivity index (χ1) is 9.79. The van der Waals surface area contributed by atoms with E-state index >= 15 is 0 Å². The molecule has 2 heterocycles. The maximum atomic E-state index is 13.4. The van der Waals surface area contributed by atoms with E-state index in [-0.39, 0.29) is 5.82 Å². The van der Waals surface area contributed by atoms with Crippen LogP contribution in [0.5, 0.6) is 0 Å². The molecular weight excluding hydrogens is 273 g/mol. The molecular formula is C15H16FN3S. The predicted octanol–water partition coefficient (Wildman–Crippen LogP) is 3.23. The van der Waals surface area contributed by atoms with Crippen LogP contribution in [0.15, 0.2) is 24.4 Å². The quantitative estimate of drug-likeness (QED) is 0.936. The monoisotopic (exact) mass is 289 g/mol. The molecule has 0 atom stereocenters. The molecule has 5 heteroatoms. The number of thiazole rings is 1. The third kappa shape index (κ3) is 2.31. The van der Waals surface area contributed by atoms with E-state index in [4.69, 9.17) is 0 Å². The Morgan fingerprint density at radius 1 is 1.40 bits per heavy atom. The Morgan fingerprint density at radius 3 is 3.15 bits per heavy atom. The van der Waals surface area contributed by atoms with Crippen LogP contribution in [0.1, 0.15) is 23.3 Å². The molecule has 4 rings (SSSR count). The van der Waals surface area contributed by atoms with Gasteiger partial charge in [0.05, 0.1) is 0 Å². The second-order valence-electron chi connectivity index (χ2n) is 5.44. The van der Waals surface area contributed by atoms with Gasteiger partial charge < -0.3 is 10.2 Å². The van der Waals surface area contributed by atoms with Gasteiger partial charge in [0.25, 0.3) is 0 Å². The SMILES string of the molecule is Fc1ccc2c(c1)N(c1ncc(CNC3CC3)s1)CC2. The number of halogens is 1. The number of nitrogens with zero attached hydrogens (tertiary/aromatic N) is 2. The fourth-order valence-electron chi connectivity index (χ4n) is 2.59. The third-order valence-corrected chi connectivity index (χ3v) is 4.88. The number of rotatable bonds is 4. The van der Waals surface area contributed by atoms with E-state index in [0.717, 1.165) is 30.3 Å². The maximum absolute atomic E-state index is 13.4. The zero-order valence-electron chi connectivity index (χ0n) is 11.1. The zero-order valence-corrected chi connectivity index (χ0v) is 11.9. The van der Waals surface area contributed by atoms with Crippen molar-refractivity contribution in [3.05, 3.63) is 40.7 Å². The van der Waals surface area contributed by atoms with Crippen LogP contribution in [0, 0.1) is 5.82 Å². The number of benzene rings is 1. The highest BCUT2D eigenvalue weighted by Gasteiger charge is 2.24. The first kappa shape index (κ1) is 12.3. The number of anilines is 2. The highest BCUT2D eigenvalue weighted by molar-refractivity contribution is 7.15. The minimum Gasteiger partial charge on any atom is -0.317 e. The van der Waals surface area contributed by atoms with E-state index < -0.39 is 0 Å². The molecule has 0 radical (unpaired) electrons. The van der Waals surface area contributed by atoms with Gasteiger partial charge in [-0.15, -0.1) is 11.3 Å². The van der Waals surface area contributed by atoms with Crippen LogP contribution in [-0.2, 0) is 13.0 Å². The van der Waals surface area contributed by atoms with Crippen LogP contribution in [0.3, 0.4) is 0 Å². The van der Waals surface area contributed by atoms with Gasteiger partial charge in [-0.2, -0.15) is 0 Å². The van der Waals surface area contributed by atoms with E-state index in [2.05, 4.69) is 15.2 Å². The summed E-state index contributed by atoms with van der Waals surface area (Å²) in [7, 11) is 0. The Bertz CT molecular complexity index is 636. The summed E-state index contributed by atoms with van der Waals surface area (Å²) in [5, 5.41) is 4.47.